The molecule has 0 saturated heterocycles. The van der Waals surface area contributed by atoms with Crippen LogP contribution in [0.4, 0.5) is 5.69 Å². The average molecular weight is 331 g/mol. The molecule has 130 valence electrons. The summed E-state index contributed by atoms with van der Waals surface area (Å²) in [6.45, 7) is 5.42. The minimum absolute atomic E-state index is 0.349. The van der Waals surface area contributed by atoms with Crippen LogP contribution < -0.4 is 5.73 Å². The molecule has 1 aromatic carbocycles. The number of benzene rings is 1. The maximum Gasteiger partial charge on any atom is 0.340 e. The second-order valence-corrected chi connectivity index (χ2v) is 6.96. The molecule has 0 saturated carbocycles. The van der Waals surface area contributed by atoms with E-state index in [0.717, 1.165) is 36.8 Å². The van der Waals surface area contributed by atoms with Gasteiger partial charge in [-0.25, -0.2) is 9.59 Å². The zero-order valence-electron chi connectivity index (χ0n) is 14.8. The topological polar surface area (TPSA) is 78.6 Å². The molecule has 0 aliphatic heterocycles. The van der Waals surface area contributed by atoms with Crippen LogP contribution in [0.3, 0.4) is 0 Å². The Balaban J connectivity index is 2.40. The summed E-state index contributed by atoms with van der Waals surface area (Å²) in [4.78, 5) is 24.0. The van der Waals surface area contributed by atoms with Gasteiger partial charge in [0, 0.05) is 6.08 Å². The number of rotatable bonds is 3. The Morgan fingerprint density at radius 2 is 1.88 bits per heavy atom. The molecule has 0 unspecified atom stereocenters. The van der Waals surface area contributed by atoms with Crippen LogP contribution in [0.2, 0.25) is 0 Å². The zero-order chi connectivity index (χ0) is 17.9. The molecule has 1 aliphatic carbocycles. The number of hydrogen-bond donors (Lipinski definition) is 1. The Morgan fingerprint density at radius 1 is 1.21 bits per heavy atom. The van der Waals surface area contributed by atoms with Crippen molar-refractivity contribution >= 4 is 23.7 Å². The van der Waals surface area contributed by atoms with E-state index >= 15 is 0 Å². The molecule has 2 N–H and O–H groups in total. The third kappa shape index (κ3) is 4.16. The first-order valence-corrected chi connectivity index (χ1v) is 8.16. The number of ether oxygens (including phenoxy) is 2. The van der Waals surface area contributed by atoms with Gasteiger partial charge < -0.3 is 15.2 Å². The Kier molecular flexibility index (Phi) is 5.32. The van der Waals surface area contributed by atoms with E-state index in [0.29, 0.717) is 16.8 Å². The van der Waals surface area contributed by atoms with Crippen molar-refractivity contribution in [2.45, 2.75) is 52.1 Å². The van der Waals surface area contributed by atoms with Crippen LogP contribution >= 0.6 is 0 Å². The summed E-state index contributed by atoms with van der Waals surface area (Å²) >= 11 is 0. The van der Waals surface area contributed by atoms with E-state index in [9.17, 15) is 9.59 Å². The fourth-order valence-electron chi connectivity index (χ4n) is 2.91. The first-order valence-electron chi connectivity index (χ1n) is 8.16. The van der Waals surface area contributed by atoms with Crippen molar-refractivity contribution in [3.8, 4) is 0 Å². The van der Waals surface area contributed by atoms with Crippen LogP contribution in [0, 0.1) is 0 Å². The molecule has 5 heteroatoms. The maximum absolute atomic E-state index is 12.2. The molecule has 5 nitrogen and oxygen atoms in total. The van der Waals surface area contributed by atoms with E-state index < -0.39 is 17.5 Å². The van der Waals surface area contributed by atoms with E-state index in [4.69, 9.17) is 15.2 Å². The Morgan fingerprint density at radius 3 is 2.50 bits per heavy atom. The number of esters is 2. The van der Waals surface area contributed by atoms with Crippen LogP contribution in [0.25, 0.3) is 6.08 Å². The van der Waals surface area contributed by atoms with Crippen molar-refractivity contribution in [1.82, 2.24) is 0 Å². The summed E-state index contributed by atoms with van der Waals surface area (Å²) in [6.07, 6.45) is 6.77. The number of carbonyl (C=O) groups excluding carboxylic acids is 2. The van der Waals surface area contributed by atoms with E-state index in [2.05, 4.69) is 0 Å². The van der Waals surface area contributed by atoms with Crippen LogP contribution in [0.15, 0.2) is 12.1 Å². The molecular weight excluding hydrogens is 306 g/mol. The maximum atomic E-state index is 12.2. The number of aryl methyl sites for hydroxylation is 1. The Hall–Kier alpha value is -2.30. The van der Waals surface area contributed by atoms with Gasteiger partial charge in [0.2, 0.25) is 0 Å². The lowest BCUT2D eigenvalue weighted by atomic mass is 9.85. The highest BCUT2D eigenvalue weighted by atomic mass is 16.6. The molecule has 1 aliphatic rings. The van der Waals surface area contributed by atoms with Crippen LogP contribution in [-0.2, 0) is 27.1 Å². The summed E-state index contributed by atoms with van der Waals surface area (Å²) in [5.41, 5.74) is 9.13. The van der Waals surface area contributed by atoms with Gasteiger partial charge in [-0.2, -0.15) is 0 Å². The number of carbonyl (C=O) groups is 2. The first kappa shape index (κ1) is 18.0. The molecule has 0 amide bonds. The van der Waals surface area contributed by atoms with Gasteiger partial charge >= 0.3 is 11.9 Å². The van der Waals surface area contributed by atoms with Gasteiger partial charge in [-0.05, 0) is 75.3 Å². The number of nitrogen functional groups attached to an aromatic ring is 1. The molecule has 0 fully saturated rings. The molecular formula is C19H25NO4. The standard InChI is InChI=1S/C19H25NO4/c1-19(2,3)24-15(21)10-9-13-11-12-7-5-6-8-14(12)16(17(13)20)18(22)23-4/h9-11H,5-8,20H2,1-4H3. The zero-order valence-corrected chi connectivity index (χ0v) is 14.8. The predicted octanol–water partition coefficient (Wildman–Crippen LogP) is 3.29. The minimum Gasteiger partial charge on any atom is -0.465 e. The SMILES string of the molecule is COC(=O)c1c(N)c(C=CC(=O)OC(C)(C)C)cc2c1CCCC2. The highest BCUT2D eigenvalue weighted by molar-refractivity contribution is 6.00. The van der Waals surface area contributed by atoms with Gasteiger partial charge in [-0.3, -0.25) is 0 Å². The predicted molar refractivity (Wildman–Crippen MR) is 93.7 cm³/mol. The van der Waals surface area contributed by atoms with Crippen molar-refractivity contribution in [3.05, 3.63) is 34.4 Å². The van der Waals surface area contributed by atoms with Crippen molar-refractivity contribution in [2.75, 3.05) is 12.8 Å². The van der Waals surface area contributed by atoms with Gasteiger partial charge in [0.05, 0.1) is 18.4 Å². The Labute approximate surface area is 142 Å². The molecule has 0 radical (unpaired) electrons. The molecule has 1 aromatic rings. The molecule has 24 heavy (non-hydrogen) atoms. The van der Waals surface area contributed by atoms with Gasteiger partial charge in [0.15, 0.2) is 0 Å². The van der Waals surface area contributed by atoms with E-state index in [-0.39, 0.29) is 0 Å². The van der Waals surface area contributed by atoms with Crippen molar-refractivity contribution in [2.24, 2.45) is 0 Å². The van der Waals surface area contributed by atoms with Gasteiger partial charge in [0.25, 0.3) is 0 Å². The largest absolute Gasteiger partial charge is 0.465 e. The van der Waals surface area contributed by atoms with Crippen LogP contribution in [0.5, 0.6) is 0 Å². The number of nitrogens with two attached hydrogens (primary N) is 1. The molecule has 0 bridgehead atoms. The second-order valence-electron chi connectivity index (χ2n) is 6.96. The fourth-order valence-corrected chi connectivity index (χ4v) is 2.91. The molecule has 2 rings (SSSR count). The van der Waals surface area contributed by atoms with Crippen LogP contribution in [-0.4, -0.2) is 24.6 Å². The lowest BCUT2D eigenvalue weighted by Gasteiger charge is -2.21. The van der Waals surface area contributed by atoms with E-state index in [1.54, 1.807) is 26.8 Å². The summed E-state index contributed by atoms with van der Waals surface area (Å²) in [6, 6.07) is 1.96. The smallest absolute Gasteiger partial charge is 0.340 e. The van der Waals surface area contributed by atoms with Crippen LogP contribution in [0.1, 0.15) is 60.7 Å². The summed E-state index contributed by atoms with van der Waals surface area (Å²) in [5.74, 6) is -0.877. The molecule has 0 heterocycles. The lowest BCUT2D eigenvalue weighted by Crippen LogP contribution is -2.22. The molecule has 0 aromatic heterocycles. The van der Waals surface area contributed by atoms with Gasteiger partial charge in [0.1, 0.15) is 5.60 Å². The number of fused-ring (bicyclic) bond motifs is 1. The van der Waals surface area contributed by atoms with Gasteiger partial charge in [-0.15, -0.1) is 0 Å². The highest BCUT2D eigenvalue weighted by Crippen LogP contribution is 2.32. The summed E-state index contributed by atoms with van der Waals surface area (Å²) in [5, 5.41) is 0. The van der Waals surface area contributed by atoms with Crippen molar-refractivity contribution < 1.29 is 19.1 Å². The quantitative estimate of drug-likeness (QED) is 0.522. The minimum atomic E-state index is -0.556. The lowest BCUT2D eigenvalue weighted by molar-refractivity contribution is -0.148. The Bertz CT molecular complexity index is 684. The second kappa shape index (κ2) is 7.07. The third-order valence-corrected chi connectivity index (χ3v) is 3.92. The number of anilines is 1. The van der Waals surface area contributed by atoms with Gasteiger partial charge in [-0.1, -0.05) is 0 Å². The summed E-state index contributed by atoms with van der Waals surface area (Å²) in [7, 11) is 1.35. The third-order valence-electron chi connectivity index (χ3n) is 3.92. The van der Waals surface area contributed by atoms with E-state index in [1.807, 2.05) is 6.07 Å². The monoisotopic (exact) mass is 331 g/mol. The van der Waals surface area contributed by atoms with Crippen molar-refractivity contribution in [1.29, 1.82) is 0 Å². The normalized spacial score (nSPS) is 14.3. The number of hydrogen-bond acceptors (Lipinski definition) is 5. The number of methoxy groups -OCH3 is 1. The molecule has 0 atom stereocenters. The summed E-state index contributed by atoms with van der Waals surface area (Å²) < 4.78 is 10.1. The average Bonchev–Trinajstić information content (AvgIpc) is 2.50. The highest BCUT2D eigenvalue weighted by Gasteiger charge is 2.23. The molecule has 0 spiro atoms. The fraction of sp³-hybridized carbons (Fsp3) is 0.474. The van der Waals surface area contributed by atoms with Crippen molar-refractivity contribution in [3.63, 3.8) is 0 Å². The van der Waals surface area contributed by atoms with E-state index in [1.165, 1.54) is 13.2 Å². The first-order chi connectivity index (χ1) is 11.2.